The topological polar surface area (TPSA) is 151 Å². The molecule has 0 aliphatic heterocycles. The van der Waals surface area contributed by atoms with Crippen LogP contribution in [0.2, 0.25) is 0 Å². The number of nitrogens with one attached hydrogen (secondary N) is 3. The number of benzene rings is 1. The predicted octanol–water partition coefficient (Wildman–Crippen LogP) is 3.97. The lowest BCUT2D eigenvalue weighted by molar-refractivity contribution is -0.142. The molecule has 0 heterocycles. The van der Waals surface area contributed by atoms with E-state index >= 15 is 0 Å². The molecule has 6 N–H and O–H groups in total. The Morgan fingerprint density at radius 2 is 1.42 bits per heavy atom. The molecular formula is C29H48N4O5. The van der Waals surface area contributed by atoms with Gasteiger partial charge in [0.2, 0.25) is 17.7 Å². The molecule has 0 saturated heterocycles. The summed E-state index contributed by atoms with van der Waals surface area (Å²) in [6, 6.07) is 6.28. The Bertz CT molecular complexity index is 818. The highest BCUT2D eigenvalue weighted by Gasteiger charge is 2.27. The molecule has 214 valence electrons. The van der Waals surface area contributed by atoms with Crippen molar-refractivity contribution in [3.05, 3.63) is 35.9 Å². The third-order valence-corrected chi connectivity index (χ3v) is 6.45. The Morgan fingerprint density at radius 3 is 2.03 bits per heavy atom. The second-order valence-electron chi connectivity index (χ2n) is 9.77. The molecule has 0 bridgehead atoms. The first-order chi connectivity index (χ1) is 18.4. The van der Waals surface area contributed by atoms with Crippen LogP contribution >= 0.6 is 0 Å². The lowest BCUT2D eigenvalue weighted by atomic mass is 10.0. The van der Waals surface area contributed by atoms with Crippen molar-refractivity contribution in [2.24, 2.45) is 5.73 Å². The van der Waals surface area contributed by atoms with Crippen LogP contribution in [0.3, 0.4) is 0 Å². The van der Waals surface area contributed by atoms with E-state index in [0.717, 1.165) is 19.3 Å². The van der Waals surface area contributed by atoms with E-state index in [4.69, 9.17) is 5.73 Å². The van der Waals surface area contributed by atoms with Gasteiger partial charge in [0.15, 0.2) is 6.04 Å². The third-order valence-electron chi connectivity index (χ3n) is 6.45. The van der Waals surface area contributed by atoms with Gasteiger partial charge in [-0.15, -0.1) is 0 Å². The highest BCUT2D eigenvalue weighted by atomic mass is 16.4. The van der Waals surface area contributed by atoms with Gasteiger partial charge in [-0.1, -0.05) is 88.6 Å². The Morgan fingerprint density at radius 1 is 0.789 bits per heavy atom. The second-order valence-corrected chi connectivity index (χ2v) is 9.77. The van der Waals surface area contributed by atoms with Crippen LogP contribution in [-0.2, 0) is 19.2 Å². The Kier molecular flexibility index (Phi) is 18.3. The van der Waals surface area contributed by atoms with Crippen molar-refractivity contribution in [2.45, 2.75) is 109 Å². The number of hydrogen-bond donors (Lipinski definition) is 5. The second kappa shape index (κ2) is 21.0. The van der Waals surface area contributed by atoms with Crippen molar-refractivity contribution in [1.82, 2.24) is 16.0 Å². The molecule has 1 aromatic carbocycles. The largest absolute Gasteiger partial charge is 0.479 e. The van der Waals surface area contributed by atoms with Crippen molar-refractivity contribution >= 4 is 23.7 Å². The quantitative estimate of drug-likeness (QED) is 0.143. The van der Waals surface area contributed by atoms with Crippen molar-refractivity contribution in [3.8, 4) is 0 Å². The zero-order valence-corrected chi connectivity index (χ0v) is 23.0. The van der Waals surface area contributed by atoms with Crippen LogP contribution in [0, 0.1) is 0 Å². The van der Waals surface area contributed by atoms with Crippen molar-refractivity contribution in [1.29, 1.82) is 0 Å². The highest BCUT2D eigenvalue weighted by molar-refractivity contribution is 5.91. The molecule has 9 nitrogen and oxygen atoms in total. The molecule has 0 radical (unpaired) electrons. The van der Waals surface area contributed by atoms with Crippen LogP contribution in [0.5, 0.6) is 0 Å². The molecule has 0 aliphatic carbocycles. The summed E-state index contributed by atoms with van der Waals surface area (Å²) in [6.45, 7) is 2.85. The third kappa shape index (κ3) is 15.3. The molecule has 1 aromatic rings. The number of carbonyl (C=O) groups is 4. The van der Waals surface area contributed by atoms with Crippen LogP contribution in [-0.4, -0.2) is 47.9 Å². The van der Waals surface area contributed by atoms with Crippen LogP contribution < -0.4 is 21.7 Å². The lowest BCUT2D eigenvalue weighted by Gasteiger charge is -2.22. The molecule has 2 unspecified atom stereocenters. The van der Waals surface area contributed by atoms with E-state index in [2.05, 4.69) is 22.9 Å². The molecule has 0 saturated carbocycles. The van der Waals surface area contributed by atoms with E-state index in [9.17, 15) is 24.3 Å². The summed E-state index contributed by atoms with van der Waals surface area (Å²) in [5.41, 5.74) is 6.00. The zero-order valence-electron chi connectivity index (χ0n) is 23.0. The molecule has 0 fully saturated rings. The fourth-order valence-corrected chi connectivity index (χ4v) is 4.20. The van der Waals surface area contributed by atoms with E-state index in [0.29, 0.717) is 37.8 Å². The van der Waals surface area contributed by atoms with Gasteiger partial charge in [0.1, 0.15) is 6.04 Å². The average molecular weight is 533 g/mol. The summed E-state index contributed by atoms with van der Waals surface area (Å²) >= 11 is 0. The molecule has 38 heavy (non-hydrogen) atoms. The predicted molar refractivity (Wildman–Crippen MR) is 149 cm³/mol. The molecule has 0 aliphatic rings. The van der Waals surface area contributed by atoms with E-state index in [1.165, 1.54) is 38.5 Å². The van der Waals surface area contributed by atoms with E-state index < -0.39 is 24.0 Å². The Balaban J connectivity index is 2.41. The SMILES string of the molecule is CCCCCCCCCCCC(=O)NCCC(=O)NC(CCCCN)C(=O)NC(C(=O)O)c1ccccc1. The van der Waals surface area contributed by atoms with Crippen LogP contribution in [0.4, 0.5) is 0 Å². The Labute approximate surface area is 227 Å². The fraction of sp³-hybridized carbons (Fsp3) is 0.655. The van der Waals surface area contributed by atoms with Crippen LogP contribution in [0.25, 0.3) is 0 Å². The summed E-state index contributed by atoms with van der Waals surface area (Å²) in [7, 11) is 0. The normalized spacial score (nSPS) is 12.4. The minimum Gasteiger partial charge on any atom is -0.479 e. The lowest BCUT2D eigenvalue weighted by Crippen LogP contribution is -2.49. The number of carboxylic acid groups (broad SMARTS) is 1. The fourth-order valence-electron chi connectivity index (χ4n) is 4.20. The van der Waals surface area contributed by atoms with Gasteiger partial charge in [0.05, 0.1) is 0 Å². The van der Waals surface area contributed by atoms with Crippen molar-refractivity contribution < 1.29 is 24.3 Å². The van der Waals surface area contributed by atoms with Gasteiger partial charge in [-0.2, -0.15) is 0 Å². The first kappa shape index (κ1) is 33.1. The summed E-state index contributed by atoms with van der Waals surface area (Å²) in [5.74, 6) is -2.22. The minimum atomic E-state index is -1.22. The number of carboxylic acids is 1. The number of hydrogen-bond acceptors (Lipinski definition) is 5. The summed E-state index contributed by atoms with van der Waals surface area (Å²) in [5, 5.41) is 17.6. The minimum absolute atomic E-state index is 0.0329. The first-order valence-electron chi connectivity index (χ1n) is 14.2. The van der Waals surface area contributed by atoms with E-state index in [-0.39, 0.29) is 24.8 Å². The van der Waals surface area contributed by atoms with Crippen LogP contribution in [0.15, 0.2) is 30.3 Å². The van der Waals surface area contributed by atoms with E-state index in [1.54, 1.807) is 30.3 Å². The van der Waals surface area contributed by atoms with Crippen molar-refractivity contribution in [2.75, 3.05) is 13.1 Å². The molecule has 3 amide bonds. The van der Waals surface area contributed by atoms with Gasteiger partial charge >= 0.3 is 5.97 Å². The van der Waals surface area contributed by atoms with Gasteiger partial charge in [0, 0.05) is 19.4 Å². The maximum absolute atomic E-state index is 12.9. The molecule has 9 heteroatoms. The van der Waals surface area contributed by atoms with Crippen LogP contribution in [0.1, 0.15) is 108 Å². The number of carbonyl (C=O) groups excluding carboxylic acids is 3. The first-order valence-corrected chi connectivity index (χ1v) is 14.2. The zero-order chi connectivity index (χ0) is 28.0. The smallest absolute Gasteiger partial charge is 0.330 e. The maximum Gasteiger partial charge on any atom is 0.330 e. The van der Waals surface area contributed by atoms with E-state index in [1.807, 2.05) is 0 Å². The number of nitrogens with two attached hydrogens (primary N) is 1. The van der Waals surface area contributed by atoms with Gasteiger partial charge in [-0.3, -0.25) is 14.4 Å². The molecular weight excluding hydrogens is 484 g/mol. The molecule has 0 aromatic heterocycles. The van der Waals surface area contributed by atoms with Gasteiger partial charge in [-0.05, 0) is 37.8 Å². The number of amides is 3. The molecule has 2 atom stereocenters. The van der Waals surface area contributed by atoms with Crippen molar-refractivity contribution in [3.63, 3.8) is 0 Å². The number of rotatable bonds is 22. The standard InChI is InChI=1S/C29H48N4O5/c1-2-3-4-5-6-7-8-9-13-19-25(34)31-22-20-26(35)32-24(18-14-15-21-30)28(36)33-27(29(37)38)23-16-11-10-12-17-23/h10-12,16-17,24,27H,2-9,13-15,18-22,30H2,1H3,(H,31,34)(H,32,35)(H,33,36)(H,37,38). The number of unbranched alkanes of at least 4 members (excludes halogenated alkanes) is 9. The Hall–Kier alpha value is -2.94. The van der Waals surface area contributed by atoms with Gasteiger partial charge < -0.3 is 26.8 Å². The summed E-state index contributed by atoms with van der Waals surface area (Å²) in [4.78, 5) is 49.3. The monoisotopic (exact) mass is 532 g/mol. The highest BCUT2D eigenvalue weighted by Crippen LogP contribution is 2.14. The molecule has 0 spiro atoms. The summed E-state index contributed by atoms with van der Waals surface area (Å²) in [6.07, 6.45) is 12.7. The average Bonchev–Trinajstić information content (AvgIpc) is 2.90. The van der Waals surface area contributed by atoms with Gasteiger partial charge in [0.25, 0.3) is 0 Å². The number of aliphatic carboxylic acids is 1. The summed E-state index contributed by atoms with van der Waals surface area (Å²) < 4.78 is 0. The maximum atomic E-state index is 12.9. The molecule has 1 rings (SSSR count). The van der Waals surface area contributed by atoms with Gasteiger partial charge in [-0.25, -0.2) is 4.79 Å².